The maximum atomic E-state index is 12.6. The minimum atomic E-state index is -1.06. The van der Waals surface area contributed by atoms with Gasteiger partial charge in [0.05, 0.1) is 24.2 Å². The van der Waals surface area contributed by atoms with E-state index in [1.165, 1.54) is 38.1 Å². The fourth-order valence-electron chi connectivity index (χ4n) is 5.83. The van der Waals surface area contributed by atoms with Crippen molar-refractivity contribution in [1.29, 1.82) is 0 Å². The first-order chi connectivity index (χ1) is 25.8. The number of Topliss-reactive ketones (excluding diaryl/α,β-unsaturated/α-hetero) is 2. The molecular weight excluding hydrogens is 698 g/mol. The number of aromatic nitrogens is 3. The Morgan fingerprint density at radius 3 is 1.65 bits per heavy atom. The van der Waals surface area contributed by atoms with Crippen LogP contribution in [0.15, 0.2) is 60.7 Å². The van der Waals surface area contributed by atoms with Gasteiger partial charge in [-0.3, -0.25) is 14.4 Å². The predicted molar refractivity (Wildman–Crippen MR) is 195 cm³/mol. The van der Waals surface area contributed by atoms with E-state index in [0.717, 1.165) is 0 Å². The summed E-state index contributed by atoms with van der Waals surface area (Å²) in [6.07, 6.45) is 0.735. The summed E-state index contributed by atoms with van der Waals surface area (Å²) in [5.74, 6) is -0.369. The van der Waals surface area contributed by atoms with Crippen LogP contribution in [0, 0.1) is 11.8 Å². The van der Waals surface area contributed by atoms with Crippen molar-refractivity contribution in [2.45, 2.75) is 65.6 Å². The molecule has 1 saturated carbocycles. The topological polar surface area (TPSA) is 194 Å². The molecule has 0 amide bonds. The summed E-state index contributed by atoms with van der Waals surface area (Å²) in [5, 5.41) is 22.1. The number of benzene rings is 3. The van der Waals surface area contributed by atoms with Gasteiger partial charge in [-0.15, -0.1) is 0 Å². The van der Waals surface area contributed by atoms with Gasteiger partial charge in [-0.25, -0.2) is 19.7 Å². The SMILES string of the molecule is COc1ccc(-c2nc(-c3ccc(OC(C)C(C)=O)cc3O)nc(-c3ccc(OC(C)C(=O)OCCOC(=O)C4CCC(C(C)=O)CC4)cc3O)n2)cc1. The molecule has 5 rings (SSSR count). The number of methoxy groups -OCH3 is 1. The van der Waals surface area contributed by atoms with Gasteiger partial charge in [0.15, 0.2) is 35.5 Å². The summed E-state index contributed by atoms with van der Waals surface area (Å²) in [6.45, 7) is 5.79. The van der Waals surface area contributed by atoms with E-state index >= 15 is 0 Å². The van der Waals surface area contributed by atoms with Crippen LogP contribution in [0.5, 0.6) is 28.7 Å². The maximum absolute atomic E-state index is 12.6. The van der Waals surface area contributed by atoms with Crippen LogP contribution in [0.3, 0.4) is 0 Å². The van der Waals surface area contributed by atoms with Crippen LogP contribution in [-0.4, -0.2) is 81.2 Å². The van der Waals surface area contributed by atoms with Gasteiger partial charge in [0.25, 0.3) is 0 Å². The second-order valence-corrected chi connectivity index (χ2v) is 13.0. The number of phenolic OH excluding ortho intramolecular Hbond substituents is 2. The molecule has 14 heteroatoms. The molecule has 3 aromatic carbocycles. The molecule has 0 aliphatic heterocycles. The highest BCUT2D eigenvalue weighted by molar-refractivity contribution is 5.81. The number of hydrogen-bond donors (Lipinski definition) is 2. The van der Waals surface area contributed by atoms with Gasteiger partial charge in [0.2, 0.25) is 0 Å². The Balaban J connectivity index is 1.27. The van der Waals surface area contributed by atoms with Crippen molar-refractivity contribution in [3.63, 3.8) is 0 Å². The van der Waals surface area contributed by atoms with Gasteiger partial charge in [-0.1, -0.05) is 0 Å². The summed E-state index contributed by atoms with van der Waals surface area (Å²) in [4.78, 5) is 62.0. The number of ketones is 2. The molecule has 0 spiro atoms. The quantitative estimate of drug-likeness (QED) is 0.108. The molecule has 1 aliphatic carbocycles. The molecule has 2 unspecified atom stereocenters. The standard InChI is InChI=1S/C40H43N3O11/c1-22(44)24(3)53-30-14-16-32(34(46)20-30)37-41-36(27-10-12-29(50-5)13-11-27)42-38(43-37)33-17-15-31(21-35(33)47)54-25(4)39(48)51-18-19-52-40(49)28-8-6-26(7-9-28)23(2)45/h10-17,20-21,24-26,28,46-47H,6-9,18-19H2,1-5H3. The van der Waals surface area contributed by atoms with E-state index in [4.69, 9.17) is 23.7 Å². The smallest absolute Gasteiger partial charge is 0.347 e. The Kier molecular flexibility index (Phi) is 12.8. The number of esters is 2. The van der Waals surface area contributed by atoms with Gasteiger partial charge >= 0.3 is 11.9 Å². The second kappa shape index (κ2) is 17.6. The summed E-state index contributed by atoms with van der Waals surface area (Å²) in [6, 6.07) is 15.8. The summed E-state index contributed by atoms with van der Waals surface area (Å²) in [7, 11) is 1.55. The minimum absolute atomic E-state index is 0.0000724. The first kappa shape index (κ1) is 39.2. The lowest BCUT2D eigenvalue weighted by Gasteiger charge is -2.25. The van der Waals surface area contributed by atoms with Crippen LogP contribution in [0.1, 0.15) is 53.4 Å². The highest BCUT2D eigenvalue weighted by Crippen LogP contribution is 2.36. The number of rotatable bonds is 15. The van der Waals surface area contributed by atoms with Crippen LogP contribution in [0.2, 0.25) is 0 Å². The molecule has 54 heavy (non-hydrogen) atoms. The first-order valence-electron chi connectivity index (χ1n) is 17.6. The average molecular weight is 742 g/mol. The van der Waals surface area contributed by atoms with E-state index in [1.807, 2.05) is 0 Å². The van der Waals surface area contributed by atoms with Crippen LogP contribution >= 0.6 is 0 Å². The Labute approximate surface area is 312 Å². The van der Waals surface area contributed by atoms with Crippen LogP contribution in [0.25, 0.3) is 34.2 Å². The highest BCUT2D eigenvalue weighted by atomic mass is 16.6. The van der Waals surface area contributed by atoms with Crippen molar-refractivity contribution in [2.24, 2.45) is 11.8 Å². The summed E-state index contributed by atoms with van der Waals surface area (Å²) in [5.41, 5.74) is 1.06. The molecular formula is C40H43N3O11. The number of carbonyl (C=O) groups excluding carboxylic acids is 4. The second-order valence-electron chi connectivity index (χ2n) is 13.0. The Hall–Kier alpha value is -6.05. The molecule has 1 fully saturated rings. The average Bonchev–Trinajstić information content (AvgIpc) is 3.16. The van der Waals surface area contributed by atoms with Crippen molar-refractivity contribution in [3.8, 4) is 62.9 Å². The van der Waals surface area contributed by atoms with Crippen molar-refractivity contribution >= 4 is 23.5 Å². The fraction of sp³-hybridized carbons (Fsp3) is 0.375. The third kappa shape index (κ3) is 9.88. The van der Waals surface area contributed by atoms with E-state index < -0.39 is 18.2 Å². The number of nitrogens with zero attached hydrogens (tertiary/aromatic N) is 3. The van der Waals surface area contributed by atoms with E-state index in [9.17, 15) is 29.4 Å². The van der Waals surface area contributed by atoms with Crippen molar-refractivity contribution in [3.05, 3.63) is 60.7 Å². The lowest BCUT2D eigenvalue weighted by molar-refractivity contribution is -0.159. The molecule has 2 atom stereocenters. The van der Waals surface area contributed by atoms with Crippen molar-refractivity contribution in [1.82, 2.24) is 15.0 Å². The zero-order valence-electron chi connectivity index (χ0n) is 30.7. The van der Waals surface area contributed by atoms with Crippen LogP contribution in [0.4, 0.5) is 0 Å². The van der Waals surface area contributed by atoms with E-state index in [1.54, 1.807) is 57.4 Å². The van der Waals surface area contributed by atoms with E-state index in [-0.39, 0.29) is 94.2 Å². The van der Waals surface area contributed by atoms with Gasteiger partial charge < -0.3 is 33.9 Å². The molecule has 1 heterocycles. The number of aromatic hydroxyl groups is 2. The normalized spacial score (nSPS) is 16.4. The van der Waals surface area contributed by atoms with Gasteiger partial charge in [0.1, 0.15) is 47.7 Å². The monoisotopic (exact) mass is 741 g/mol. The largest absolute Gasteiger partial charge is 0.507 e. The first-order valence-corrected chi connectivity index (χ1v) is 17.6. The van der Waals surface area contributed by atoms with Crippen molar-refractivity contribution in [2.75, 3.05) is 20.3 Å². The Bertz CT molecular complexity index is 1990. The third-order valence-electron chi connectivity index (χ3n) is 9.14. The summed E-state index contributed by atoms with van der Waals surface area (Å²) >= 11 is 0. The van der Waals surface area contributed by atoms with Crippen molar-refractivity contribution < 1.29 is 53.1 Å². The fourth-order valence-corrected chi connectivity index (χ4v) is 5.83. The number of carbonyl (C=O) groups is 4. The molecule has 0 bridgehead atoms. The molecule has 1 aliphatic rings. The Morgan fingerprint density at radius 2 is 1.15 bits per heavy atom. The number of hydrogen-bond acceptors (Lipinski definition) is 14. The predicted octanol–water partition coefficient (Wildman–Crippen LogP) is 5.90. The molecule has 4 aromatic rings. The van der Waals surface area contributed by atoms with Crippen LogP contribution < -0.4 is 14.2 Å². The number of phenols is 2. The summed E-state index contributed by atoms with van der Waals surface area (Å²) < 4.78 is 27.1. The molecule has 0 saturated heterocycles. The molecule has 2 N–H and O–H groups in total. The molecule has 284 valence electrons. The Morgan fingerprint density at radius 1 is 0.667 bits per heavy atom. The van der Waals surface area contributed by atoms with Gasteiger partial charge in [0, 0.05) is 23.6 Å². The zero-order chi connectivity index (χ0) is 38.9. The lowest BCUT2D eigenvalue weighted by Crippen LogP contribution is -2.29. The zero-order valence-corrected chi connectivity index (χ0v) is 30.7. The van der Waals surface area contributed by atoms with Gasteiger partial charge in [-0.2, -0.15) is 0 Å². The number of ether oxygens (including phenoxy) is 5. The maximum Gasteiger partial charge on any atom is 0.347 e. The van der Waals surface area contributed by atoms with Crippen LogP contribution in [-0.2, 0) is 28.7 Å². The molecule has 1 aromatic heterocycles. The molecule has 14 nitrogen and oxygen atoms in total. The highest BCUT2D eigenvalue weighted by Gasteiger charge is 2.29. The van der Waals surface area contributed by atoms with Gasteiger partial charge in [-0.05, 0) is 102 Å². The lowest BCUT2D eigenvalue weighted by atomic mass is 9.80. The minimum Gasteiger partial charge on any atom is -0.507 e. The molecule has 0 radical (unpaired) electrons. The van der Waals surface area contributed by atoms with E-state index in [2.05, 4.69) is 15.0 Å². The van der Waals surface area contributed by atoms with E-state index in [0.29, 0.717) is 37.0 Å². The third-order valence-corrected chi connectivity index (χ3v) is 9.14.